The molecule has 6 nitrogen and oxygen atoms in total. The summed E-state index contributed by atoms with van der Waals surface area (Å²) in [6, 6.07) is 4.76. The molecule has 1 atom stereocenters. The fraction of sp³-hybridized carbons (Fsp3) is 0.263. The highest BCUT2D eigenvalue weighted by Crippen LogP contribution is 2.35. The molecule has 4 bridgehead atoms. The SMILES string of the molecule is CC(C)C(C)c1cc2c(=O)[nH]c(=O)c1c1c3ccc(c(=O)[nH]c3=O)c21. The van der Waals surface area contributed by atoms with Crippen molar-refractivity contribution in [2.75, 3.05) is 0 Å². The standard InChI is InChI=1S/C19H16N2O4/c1-7(2)8(3)11-6-12-13-9-4-5-10(17(23)20-16(9)22)14(13)15(11)19(25)21-18(12)24/h4-8H,1-3H3,(H,20,22,23)(H,21,24,25). The lowest BCUT2D eigenvalue weighted by molar-refractivity contribution is 0.538. The minimum absolute atomic E-state index is 0.00539. The number of aromatic amines is 2. The van der Waals surface area contributed by atoms with E-state index < -0.39 is 22.2 Å². The van der Waals surface area contributed by atoms with Crippen molar-refractivity contribution in [1.82, 2.24) is 9.97 Å². The molecule has 4 aromatic heterocycles. The number of benzene rings is 2. The van der Waals surface area contributed by atoms with E-state index in [0.717, 1.165) is 5.56 Å². The first-order chi connectivity index (χ1) is 11.8. The summed E-state index contributed by atoms with van der Waals surface area (Å²) in [6.45, 7) is 6.04. The average molecular weight is 336 g/mol. The van der Waals surface area contributed by atoms with Gasteiger partial charge in [0.15, 0.2) is 0 Å². The Morgan fingerprint density at radius 1 is 0.680 bits per heavy atom. The number of nitrogens with one attached hydrogen (secondary N) is 2. The first-order valence-corrected chi connectivity index (χ1v) is 8.16. The molecule has 0 aliphatic rings. The van der Waals surface area contributed by atoms with Gasteiger partial charge in [0.25, 0.3) is 22.2 Å². The number of hydrogen-bond donors (Lipinski definition) is 2. The lowest BCUT2D eigenvalue weighted by atomic mass is 9.85. The third-order valence-electron chi connectivity index (χ3n) is 5.22. The van der Waals surface area contributed by atoms with Gasteiger partial charge in [-0.25, -0.2) is 0 Å². The molecule has 6 rings (SSSR count). The molecule has 0 fully saturated rings. The van der Waals surface area contributed by atoms with Crippen molar-refractivity contribution in [1.29, 1.82) is 0 Å². The number of H-pyrrole nitrogens is 2. The maximum Gasteiger partial charge on any atom is 0.259 e. The van der Waals surface area contributed by atoms with E-state index in [4.69, 9.17) is 0 Å². The predicted octanol–water partition coefficient (Wildman–Crippen LogP) is 1.88. The summed E-state index contributed by atoms with van der Waals surface area (Å²) in [6.07, 6.45) is 0. The molecule has 1 unspecified atom stereocenters. The summed E-state index contributed by atoms with van der Waals surface area (Å²) in [5.41, 5.74) is -1.47. The Labute approximate surface area is 140 Å². The lowest BCUT2D eigenvalue weighted by Gasteiger charge is -2.18. The van der Waals surface area contributed by atoms with Crippen LogP contribution >= 0.6 is 0 Å². The van der Waals surface area contributed by atoms with Gasteiger partial charge >= 0.3 is 0 Å². The topological polar surface area (TPSA) is 99.9 Å². The summed E-state index contributed by atoms with van der Waals surface area (Å²) >= 11 is 0. The molecule has 25 heavy (non-hydrogen) atoms. The van der Waals surface area contributed by atoms with Gasteiger partial charge in [-0.05, 0) is 35.6 Å². The van der Waals surface area contributed by atoms with E-state index in [1.165, 1.54) is 12.1 Å². The molecular weight excluding hydrogens is 320 g/mol. The van der Waals surface area contributed by atoms with Crippen LogP contribution in [0.25, 0.3) is 32.3 Å². The second-order valence-corrected chi connectivity index (χ2v) is 6.90. The van der Waals surface area contributed by atoms with Crippen molar-refractivity contribution in [3.05, 3.63) is 65.2 Å². The Kier molecular flexibility index (Phi) is 3.09. The van der Waals surface area contributed by atoms with Gasteiger partial charge in [0.2, 0.25) is 0 Å². The largest absolute Gasteiger partial charge is 0.288 e. The fourth-order valence-corrected chi connectivity index (χ4v) is 3.58. The molecule has 126 valence electrons. The van der Waals surface area contributed by atoms with Crippen molar-refractivity contribution < 1.29 is 0 Å². The van der Waals surface area contributed by atoms with Gasteiger partial charge in [0.1, 0.15) is 0 Å². The van der Waals surface area contributed by atoms with E-state index in [-0.39, 0.29) is 28.0 Å². The van der Waals surface area contributed by atoms with Crippen LogP contribution in [0.5, 0.6) is 0 Å². The van der Waals surface area contributed by atoms with Gasteiger partial charge in [0.05, 0.1) is 5.39 Å². The minimum atomic E-state index is -0.561. The normalized spacial score (nSPS) is 13.4. The molecule has 2 N–H and O–H groups in total. The van der Waals surface area contributed by atoms with Gasteiger partial charge in [-0.2, -0.15) is 0 Å². The quantitative estimate of drug-likeness (QED) is 0.584. The smallest absolute Gasteiger partial charge is 0.259 e. The zero-order chi connectivity index (χ0) is 18.0. The summed E-state index contributed by atoms with van der Waals surface area (Å²) in [5, 5.41) is 1.81. The molecule has 0 aliphatic carbocycles. The zero-order valence-corrected chi connectivity index (χ0v) is 14.0. The number of fused-ring (bicyclic) bond motifs is 6. The zero-order valence-electron chi connectivity index (χ0n) is 14.0. The molecule has 6 aromatic rings. The van der Waals surface area contributed by atoms with Crippen LogP contribution in [0.4, 0.5) is 0 Å². The third kappa shape index (κ3) is 1.97. The van der Waals surface area contributed by atoms with E-state index in [2.05, 4.69) is 9.97 Å². The molecule has 0 saturated heterocycles. The van der Waals surface area contributed by atoms with Gasteiger partial charge in [-0.15, -0.1) is 0 Å². The van der Waals surface area contributed by atoms with E-state index in [9.17, 15) is 19.2 Å². The van der Waals surface area contributed by atoms with Crippen LogP contribution in [0.15, 0.2) is 37.4 Å². The second kappa shape index (κ2) is 4.99. The second-order valence-electron chi connectivity index (χ2n) is 6.90. The van der Waals surface area contributed by atoms with Gasteiger partial charge < -0.3 is 0 Å². The summed E-state index contributed by atoms with van der Waals surface area (Å²) in [7, 11) is 0. The van der Waals surface area contributed by atoms with Crippen LogP contribution in [0, 0.1) is 5.92 Å². The third-order valence-corrected chi connectivity index (χ3v) is 5.22. The maximum atomic E-state index is 12.7. The van der Waals surface area contributed by atoms with Crippen molar-refractivity contribution in [2.24, 2.45) is 5.92 Å². The summed E-state index contributed by atoms with van der Waals surface area (Å²) < 4.78 is 0. The van der Waals surface area contributed by atoms with Crippen LogP contribution in [0.1, 0.15) is 32.3 Å². The molecule has 0 saturated carbocycles. The van der Waals surface area contributed by atoms with Crippen molar-refractivity contribution in [2.45, 2.75) is 26.7 Å². The fourth-order valence-electron chi connectivity index (χ4n) is 3.58. The van der Waals surface area contributed by atoms with Gasteiger partial charge in [-0.1, -0.05) is 20.8 Å². The van der Waals surface area contributed by atoms with Crippen LogP contribution in [0.2, 0.25) is 0 Å². The minimum Gasteiger partial charge on any atom is -0.288 e. The first-order valence-electron chi connectivity index (χ1n) is 8.16. The Balaban J connectivity index is 2.52. The lowest BCUT2D eigenvalue weighted by Crippen LogP contribution is -2.14. The Hall–Kier alpha value is -3.02. The van der Waals surface area contributed by atoms with Crippen molar-refractivity contribution >= 4 is 32.3 Å². The van der Waals surface area contributed by atoms with E-state index in [1.54, 1.807) is 6.07 Å². The highest BCUT2D eigenvalue weighted by Gasteiger charge is 2.23. The first kappa shape index (κ1) is 15.5. The Morgan fingerprint density at radius 3 is 1.80 bits per heavy atom. The van der Waals surface area contributed by atoms with E-state index in [0.29, 0.717) is 16.2 Å². The van der Waals surface area contributed by atoms with Crippen LogP contribution in [-0.2, 0) is 0 Å². The van der Waals surface area contributed by atoms with Crippen LogP contribution in [0.3, 0.4) is 0 Å². The molecule has 6 heteroatoms. The number of hydrogen-bond acceptors (Lipinski definition) is 4. The highest BCUT2D eigenvalue weighted by atomic mass is 16.2. The van der Waals surface area contributed by atoms with Crippen LogP contribution < -0.4 is 22.2 Å². The Morgan fingerprint density at radius 2 is 1.20 bits per heavy atom. The molecule has 2 aromatic carbocycles. The molecule has 0 aliphatic heterocycles. The van der Waals surface area contributed by atoms with E-state index >= 15 is 0 Å². The molecule has 4 heterocycles. The number of rotatable bonds is 2. The van der Waals surface area contributed by atoms with Crippen LogP contribution in [-0.4, -0.2) is 9.97 Å². The van der Waals surface area contributed by atoms with E-state index in [1.807, 2.05) is 20.8 Å². The van der Waals surface area contributed by atoms with Gasteiger partial charge in [-0.3, -0.25) is 29.1 Å². The molecule has 0 amide bonds. The van der Waals surface area contributed by atoms with Crippen molar-refractivity contribution in [3.63, 3.8) is 0 Å². The molecular formula is C19H16N2O4. The summed E-state index contributed by atoms with van der Waals surface area (Å²) in [5.74, 6) is 0.239. The molecule has 0 radical (unpaired) electrons. The summed E-state index contributed by atoms with van der Waals surface area (Å²) in [4.78, 5) is 54.6. The Bertz CT molecular complexity index is 1360. The van der Waals surface area contributed by atoms with Crippen molar-refractivity contribution in [3.8, 4) is 0 Å². The molecule has 0 spiro atoms. The predicted molar refractivity (Wildman–Crippen MR) is 98.4 cm³/mol. The maximum absolute atomic E-state index is 12.7. The van der Waals surface area contributed by atoms with Gasteiger partial charge in [0, 0.05) is 26.9 Å². The monoisotopic (exact) mass is 336 g/mol. The average Bonchev–Trinajstić information content (AvgIpc) is 2.87. The highest BCUT2D eigenvalue weighted by molar-refractivity contribution is 6.23. The number of aromatic nitrogens is 2.